The smallest absolute Gasteiger partial charge is 0.308 e. The fraction of sp³-hybridized carbons (Fsp3) is 0.400. The molecule has 0 aromatic carbocycles. The number of ether oxygens (including phenoxy) is 1. The number of carbonyl (C=O) groups is 1. The van der Waals surface area contributed by atoms with E-state index in [1.54, 1.807) is 12.2 Å². The number of esters is 1. The molecule has 1 N–H and O–H groups in total. The molecule has 0 aromatic heterocycles. The van der Waals surface area contributed by atoms with Crippen LogP contribution in [0.5, 0.6) is 0 Å². The number of methoxy groups -OCH3 is 1. The summed E-state index contributed by atoms with van der Waals surface area (Å²) in [5.74, 6) is -0.428. The largest absolute Gasteiger partial charge is 0.469 e. The molecule has 0 saturated carbocycles. The van der Waals surface area contributed by atoms with E-state index in [4.69, 9.17) is 12.2 Å². The molecular weight excluding hydrogens is 200 g/mol. The lowest BCUT2D eigenvalue weighted by Crippen LogP contribution is -2.17. The maximum atomic E-state index is 10.9. The Morgan fingerprint density at radius 3 is 3.07 bits per heavy atom. The number of allylic oxidation sites excluding steroid dienone is 2. The normalized spacial score (nSPS) is 17.6. The van der Waals surface area contributed by atoms with Crippen LogP contribution in [0.3, 0.4) is 0 Å². The molecule has 1 atom stereocenters. The van der Waals surface area contributed by atoms with Crippen molar-refractivity contribution in [3.63, 3.8) is 0 Å². The number of aliphatic hydroxyl groups excluding tert-OH is 1. The predicted octanol–water partition coefficient (Wildman–Crippen LogP) is 1.17. The molecule has 76 valence electrons. The molecule has 0 aliphatic heterocycles. The van der Waals surface area contributed by atoms with Crippen LogP contribution < -0.4 is 0 Å². The van der Waals surface area contributed by atoms with Crippen molar-refractivity contribution in [2.75, 3.05) is 7.11 Å². The molecule has 1 rings (SSSR count). The first kappa shape index (κ1) is 11.1. The fourth-order valence-electron chi connectivity index (χ4n) is 1.17. The number of hydrogen-bond acceptors (Lipinski definition) is 4. The fourth-order valence-corrected chi connectivity index (χ4v) is 1.40. The van der Waals surface area contributed by atoms with Gasteiger partial charge in [-0.15, -0.1) is 0 Å². The van der Waals surface area contributed by atoms with Crippen molar-refractivity contribution < 1.29 is 14.6 Å². The maximum absolute atomic E-state index is 10.9. The van der Waals surface area contributed by atoms with Crippen molar-refractivity contribution in [3.8, 4) is 0 Å². The van der Waals surface area contributed by atoms with Crippen LogP contribution in [0.25, 0.3) is 0 Å². The molecule has 1 aliphatic carbocycles. The zero-order valence-electron chi connectivity index (χ0n) is 7.90. The van der Waals surface area contributed by atoms with Crippen molar-refractivity contribution >= 4 is 23.1 Å². The Kier molecular flexibility index (Phi) is 3.98. The van der Waals surface area contributed by atoms with E-state index in [9.17, 15) is 9.90 Å². The van der Waals surface area contributed by atoms with Gasteiger partial charge < -0.3 is 9.84 Å². The first-order valence-corrected chi connectivity index (χ1v) is 4.70. The summed E-state index contributed by atoms with van der Waals surface area (Å²) in [7, 11) is 1.30. The Bertz CT molecular complexity index is 304. The van der Waals surface area contributed by atoms with Crippen molar-refractivity contribution in [2.45, 2.75) is 18.9 Å². The summed E-state index contributed by atoms with van der Waals surface area (Å²) in [6, 6.07) is 0. The Morgan fingerprint density at radius 2 is 2.50 bits per heavy atom. The maximum Gasteiger partial charge on any atom is 0.308 e. The van der Waals surface area contributed by atoms with Crippen LogP contribution in [0, 0.1) is 0 Å². The van der Waals surface area contributed by atoms with Gasteiger partial charge in [0.15, 0.2) is 0 Å². The SMILES string of the molecule is COC(=O)C[C@H](O)C1=CC(=S)CC=C1. The third-order valence-electron chi connectivity index (χ3n) is 1.93. The summed E-state index contributed by atoms with van der Waals surface area (Å²) in [6.45, 7) is 0. The Hall–Kier alpha value is -1.00. The van der Waals surface area contributed by atoms with Crippen LogP contribution in [-0.4, -0.2) is 29.2 Å². The van der Waals surface area contributed by atoms with E-state index in [1.807, 2.05) is 6.08 Å². The average Bonchev–Trinajstić information content (AvgIpc) is 2.17. The predicted molar refractivity (Wildman–Crippen MR) is 57.1 cm³/mol. The summed E-state index contributed by atoms with van der Waals surface area (Å²) < 4.78 is 4.46. The molecule has 0 aromatic rings. The van der Waals surface area contributed by atoms with Gasteiger partial charge in [-0.1, -0.05) is 24.4 Å². The van der Waals surface area contributed by atoms with Gasteiger partial charge in [0.2, 0.25) is 0 Å². The summed E-state index contributed by atoms with van der Waals surface area (Å²) in [4.78, 5) is 11.6. The minimum absolute atomic E-state index is 0.0325. The molecule has 0 radical (unpaired) electrons. The zero-order valence-corrected chi connectivity index (χ0v) is 8.71. The van der Waals surface area contributed by atoms with E-state index < -0.39 is 12.1 Å². The first-order valence-electron chi connectivity index (χ1n) is 4.29. The third-order valence-corrected chi connectivity index (χ3v) is 2.21. The van der Waals surface area contributed by atoms with Crippen molar-refractivity contribution in [1.82, 2.24) is 0 Å². The van der Waals surface area contributed by atoms with Gasteiger partial charge in [0.1, 0.15) is 0 Å². The van der Waals surface area contributed by atoms with Gasteiger partial charge >= 0.3 is 5.97 Å². The van der Waals surface area contributed by atoms with Crippen LogP contribution in [-0.2, 0) is 9.53 Å². The van der Waals surface area contributed by atoms with E-state index in [0.29, 0.717) is 5.57 Å². The summed E-state index contributed by atoms with van der Waals surface area (Å²) >= 11 is 4.99. The molecule has 4 heteroatoms. The highest BCUT2D eigenvalue weighted by atomic mass is 32.1. The molecule has 14 heavy (non-hydrogen) atoms. The lowest BCUT2D eigenvalue weighted by molar-refractivity contribution is -0.142. The Morgan fingerprint density at radius 1 is 1.79 bits per heavy atom. The molecule has 0 heterocycles. The minimum atomic E-state index is -0.822. The number of thiocarbonyl (C=S) groups is 1. The molecule has 0 fully saturated rings. The Balaban J connectivity index is 2.60. The average molecular weight is 212 g/mol. The second-order valence-corrected chi connectivity index (χ2v) is 3.54. The molecule has 0 amide bonds. The monoisotopic (exact) mass is 212 g/mol. The second-order valence-electron chi connectivity index (χ2n) is 3.01. The minimum Gasteiger partial charge on any atom is -0.469 e. The molecular formula is C10H12O3S. The van der Waals surface area contributed by atoms with E-state index in [0.717, 1.165) is 11.3 Å². The number of aliphatic hydroxyl groups is 1. The topological polar surface area (TPSA) is 46.5 Å². The summed E-state index contributed by atoms with van der Waals surface area (Å²) in [6.07, 6.45) is 5.25. The Labute approximate surface area is 88.1 Å². The number of rotatable bonds is 3. The first-order chi connectivity index (χ1) is 6.63. The molecule has 0 bridgehead atoms. The highest BCUT2D eigenvalue weighted by Crippen LogP contribution is 2.14. The van der Waals surface area contributed by atoms with E-state index in [1.165, 1.54) is 7.11 Å². The standard InChI is InChI=1S/C10H12O3S/c1-13-10(12)6-9(11)7-3-2-4-8(14)5-7/h2-3,5,9,11H,4,6H2,1H3/t9-/m0/s1. The highest BCUT2D eigenvalue weighted by molar-refractivity contribution is 7.80. The number of hydrogen-bond donors (Lipinski definition) is 1. The molecule has 0 unspecified atom stereocenters. The van der Waals surface area contributed by atoms with E-state index in [-0.39, 0.29) is 6.42 Å². The van der Waals surface area contributed by atoms with Crippen LogP contribution in [0.2, 0.25) is 0 Å². The lowest BCUT2D eigenvalue weighted by Gasteiger charge is -2.13. The van der Waals surface area contributed by atoms with Gasteiger partial charge in [0.25, 0.3) is 0 Å². The van der Waals surface area contributed by atoms with Gasteiger partial charge in [0.05, 0.1) is 19.6 Å². The van der Waals surface area contributed by atoms with E-state index in [2.05, 4.69) is 4.74 Å². The van der Waals surface area contributed by atoms with Crippen LogP contribution >= 0.6 is 12.2 Å². The van der Waals surface area contributed by atoms with Gasteiger partial charge in [-0.25, -0.2) is 0 Å². The lowest BCUT2D eigenvalue weighted by atomic mass is 10.0. The van der Waals surface area contributed by atoms with Gasteiger partial charge in [-0.05, 0) is 11.6 Å². The van der Waals surface area contributed by atoms with Gasteiger partial charge in [-0.2, -0.15) is 0 Å². The number of carbonyl (C=O) groups excluding carboxylic acids is 1. The van der Waals surface area contributed by atoms with Gasteiger partial charge in [0, 0.05) is 11.3 Å². The molecule has 1 aliphatic rings. The third kappa shape index (κ3) is 3.05. The molecule has 0 spiro atoms. The summed E-state index contributed by atoms with van der Waals surface area (Å²) in [5, 5.41) is 9.61. The van der Waals surface area contributed by atoms with Crippen LogP contribution in [0.4, 0.5) is 0 Å². The van der Waals surface area contributed by atoms with Crippen molar-refractivity contribution in [1.29, 1.82) is 0 Å². The zero-order chi connectivity index (χ0) is 10.6. The van der Waals surface area contributed by atoms with Crippen LogP contribution in [0.15, 0.2) is 23.8 Å². The van der Waals surface area contributed by atoms with Gasteiger partial charge in [-0.3, -0.25) is 4.79 Å². The van der Waals surface area contributed by atoms with Crippen LogP contribution in [0.1, 0.15) is 12.8 Å². The second kappa shape index (κ2) is 5.02. The highest BCUT2D eigenvalue weighted by Gasteiger charge is 2.15. The van der Waals surface area contributed by atoms with E-state index >= 15 is 0 Å². The van der Waals surface area contributed by atoms with Crippen molar-refractivity contribution in [2.24, 2.45) is 0 Å². The quantitative estimate of drug-likeness (QED) is 0.563. The van der Waals surface area contributed by atoms with Crippen molar-refractivity contribution in [3.05, 3.63) is 23.8 Å². The molecule has 3 nitrogen and oxygen atoms in total. The molecule has 0 saturated heterocycles. The summed E-state index contributed by atoms with van der Waals surface area (Å²) in [5.41, 5.74) is 0.673.